The molecule has 3 saturated carbocycles. The molecule has 0 spiro atoms. The maximum absolute atomic E-state index is 12.5. The van der Waals surface area contributed by atoms with Crippen LogP contribution in [-0.4, -0.2) is 35.7 Å². The Morgan fingerprint density at radius 3 is 2.32 bits per heavy atom. The third-order valence-corrected chi connectivity index (χ3v) is 8.98. The molecule has 4 aliphatic carbocycles. The highest BCUT2D eigenvalue weighted by Gasteiger charge is 2.65. The molecule has 0 aromatic rings. The summed E-state index contributed by atoms with van der Waals surface area (Å²) in [5.74, 6) is 0.0592. The van der Waals surface area contributed by atoms with Crippen molar-refractivity contribution >= 4 is 23.5 Å². The first kappa shape index (κ1) is 22.2. The van der Waals surface area contributed by atoms with Gasteiger partial charge in [0.1, 0.15) is 18.0 Å². The largest absolute Gasteiger partial charge is 0.462 e. The highest BCUT2D eigenvalue weighted by molar-refractivity contribution is 5.92. The van der Waals surface area contributed by atoms with Crippen molar-refractivity contribution in [2.24, 2.45) is 34.5 Å². The minimum Gasteiger partial charge on any atom is -0.462 e. The fraction of sp³-hybridized carbons (Fsp3) is 0.760. The van der Waals surface area contributed by atoms with Crippen LogP contribution in [0.15, 0.2) is 11.6 Å². The summed E-state index contributed by atoms with van der Waals surface area (Å²) >= 11 is 0. The van der Waals surface area contributed by atoms with E-state index < -0.39 is 6.10 Å². The molecule has 0 saturated heterocycles. The smallest absolute Gasteiger partial charge is 0.303 e. The summed E-state index contributed by atoms with van der Waals surface area (Å²) < 4.78 is 11.7. The Morgan fingerprint density at radius 1 is 1.03 bits per heavy atom. The van der Waals surface area contributed by atoms with E-state index >= 15 is 0 Å². The van der Waals surface area contributed by atoms with Crippen molar-refractivity contribution in [3.63, 3.8) is 0 Å². The molecule has 0 bridgehead atoms. The number of carbonyl (C=O) groups excluding carboxylic acids is 4. The van der Waals surface area contributed by atoms with Crippen molar-refractivity contribution in [1.29, 1.82) is 0 Å². The second-order valence-electron chi connectivity index (χ2n) is 10.7. The van der Waals surface area contributed by atoms with Gasteiger partial charge in [-0.1, -0.05) is 13.8 Å². The number of fused-ring (bicyclic) bond motifs is 5. The van der Waals surface area contributed by atoms with E-state index in [0.29, 0.717) is 31.6 Å². The molecular formula is C25H34O6. The van der Waals surface area contributed by atoms with Crippen LogP contribution in [0, 0.1) is 34.5 Å². The fourth-order valence-corrected chi connectivity index (χ4v) is 7.98. The Labute approximate surface area is 184 Å². The zero-order valence-corrected chi connectivity index (χ0v) is 19.2. The fourth-order valence-electron chi connectivity index (χ4n) is 7.98. The number of carbonyl (C=O) groups is 4. The van der Waals surface area contributed by atoms with Crippen LogP contribution in [-0.2, 0) is 28.7 Å². The van der Waals surface area contributed by atoms with Crippen molar-refractivity contribution in [3.8, 4) is 0 Å². The molecule has 0 aliphatic heterocycles. The summed E-state index contributed by atoms with van der Waals surface area (Å²) in [7, 11) is 0. The zero-order valence-electron chi connectivity index (χ0n) is 19.2. The van der Waals surface area contributed by atoms with Gasteiger partial charge in [-0.2, -0.15) is 0 Å². The van der Waals surface area contributed by atoms with Crippen LogP contribution < -0.4 is 0 Å². The molecule has 170 valence electrons. The van der Waals surface area contributed by atoms with Crippen LogP contribution in [0.25, 0.3) is 0 Å². The average Bonchev–Trinajstić information content (AvgIpc) is 2.99. The maximum atomic E-state index is 12.5. The lowest BCUT2D eigenvalue weighted by molar-refractivity contribution is -0.184. The van der Waals surface area contributed by atoms with Crippen LogP contribution in [0.4, 0.5) is 0 Å². The number of esters is 2. The standard InChI is InChI=1S/C25H34O6/c1-13(26)18-6-7-19-17-11-21(30-14(2)27)20-10-16(29)8-9-24(20,4)23(17)22(31-15(3)28)12-25(18,19)5/h10,17-19,21-23H,6-9,11-12H2,1-5H3. The van der Waals surface area contributed by atoms with Gasteiger partial charge in [0.2, 0.25) is 0 Å². The van der Waals surface area contributed by atoms with E-state index in [4.69, 9.17) is 9.47 Å². The number of Topliss-reactive ketones (excluding diaryl/α,β-unsaturated/α-hetero) is 1. The van der Waals surface area contributed by atoms with Gasteiger partial charge in [-0.05, 0) is 73.3 Å². The first-order valence-corrected chi connectivity index (χ1v) is 11.6. The normalized spacial score (nSPS) is 43.8. The number of ketones is 2. The summed E-state index contributed by atoms with van der Waals surface area (Å²) in [6.07, 6.45) is 5.11. The first-order chi connectivity index (χ1) is 14.5. The minimum atomic E-state index is -0.440. The van der Waals surface area contributed by atoms with Gasteiger partial charge in [-0.15, -0.1) is 0 Å². The molecule has 8 atom stereocenters. The number of ether oxygens (including phenoxy) is 2. The van der Waals surface area contributed by atoms with E-state index in [1.54, 1.807) is 13.0 Å². The highest BCUT2D eigenvalue weighted by atomic mass is 16.5. The molecule has 0 heterocycles. The molecule has 0 aromatic carbocycles. The number of hydrogen-bond acceptors (Lipinski definition) is 6. The molecule has 8 unspecified atom stereocenters. The molecule has 6 nitrogen and oxygen atoms in total. The van der Waals surface area contributed by atoms with Gasteiger partial charge in [0.15, 0.2) is 5.78 Å². The second-order valence-corrected chi connectivity index (χ2v) is 10.7. The van der Waals surface area contributed by atoms with Crippen LogP contribution in [0.2, 0.25) is 0 Å². The van der Waals surface area contributed by atoms with E-state index in [2.05, 4.69) is 13.8 Å². The Hall–Kier alpha value is -1.98. The lowest BCUT2D eigenvalue weighted by Crippen LogP contribution is -2.60. The molecule has 0 radical (unpaired) electrons. The van der Waals surface area contributed by atoms with Gasteiger partial charge < -0.3 is 9.47 Å². The summed E-state index contributed by atoms with van der Waals surface area (Å²) in [6, 6.07) is 0. The molecule has 0 N–H and O–H groups in total. The summed E-state index contributed by atoms with van der Waals surface area (Å²) in [4.78, 5) is 48.9. The quantitative estimate of drug-likeness (QED) is 0.633. The molecule has 6 heteroatoms. The minimum absolute atomic E-state index is 0.0404. The van der Waals surface area contributed by atoms with Gasteiger partial charge in [-0.3, -0.25) is 19.2 Å². The van der Waals surface area contributed by atoms with Gasteiger partial charge >= 0.3 is 11.9 Å². The lowest BCUT2D eigenvalue weighted by atomic mass is 9.45. The van der Waals surface area contributed by atoms with Crippen molar-refractivity contribution < 1.29 is 28.7 Å². The predicted molar refractivity (Wildman–Crippen MR) is 113 cm³/mol. The second kappa shape index (κ2) is 7.56. The van der Waals surface area contributed by atoms with Crippen molar-refractivity contribution in [2.75, 3.05) is 0 Å². The third-order valence-electron chi connectivity index (χ3n) is 8.98. The topological polar surface area (TPSA) is 86.7 Å². The van der Waals surface area contributed by atoms with Crippen molar-refractivity contribution in [1.82, 2.24) is 0 Å². The van der Waals surface area contributed by atoms with Gasteiger partial charge in [-0.25, -0.2) is 0 Å². The van der Waals surface area contributed by atoms with Crippen molar-refractivity contribution in [3.05, 3.63) is 11.6 Å². The Kier molecular flexibility index (Phi) is 5.42. The Bertz CT molecular complexity index is 858. The Morgan fingerprint density at radius 2 is 1.71 bits per heavy atom. The average molecular weight is 431 g/mol. The monoisotopic (exact) mass is 430 g/mol. The number of hydrogen-bond donors (Lipinski definition) is 0. The van der Waals surface area contributed by atoms with Gasteiger partial charge in [0.25, 0.3) is 0 Å². The maximum Gasteiger partial charge on any atom is 0.303 e. The summed E-state index contributed by atoms with van der Waals surface area (Å²) in [5.41, 5.74) is 0.255. The predicted octanol–water partition coefficient (Wildman–Crippen LogP) is 3.81. The molecule has 31 heavy (non-hydrogen) atoms. The van der Waals surface area contributed by atoms with Crippen molar-refractivity contribution in [2.45, 2.75) is 85.4 Å². The molecule has 3 fully saturated rings. The van der Waals surface area contributed by atoms with Crippen LogP contribution in [0.1, 0.15) is 73.1 Å². The van der Waals surface area contributed by atoms with E-state index in [1.165, 1.54) is 13.8 Å². The number of rotatable bonds is 3. The van der Waals surface area contributed by atoms with Crippen LogP contribution in [0.3, 0.4) is 0 Å². The molecular weight excluding hydrogens is 396 g/mol. The summed E-state index contributed by atoms with van der Waals surface area (Å²) in [5, 5.41) is 0. The molecule has 0 amide bonds. The molecule has 0 aromatic heterocycles. The van der Waals surface area contributed by atoms with Gasteiger partial charge in [0.05, 0.1) is 0 Å². The highest BCUT2D eigenvalue weighted by Crippen LogP contribution is 2.67. The van der Waals surface area contributed by atoms with E-state index in [0.717, 1.165) is 18.4 Å². The lowest BCUT2D eigenvalue weighted by Gasteiger charge is -2.61. The summed E-state index contributed by atoms with van der Waals surface area (Å²) in [6.45, 7) is 8.84. The SMILES string of the molecule is CC(=O)OC1CC2C(C(OC(C)=O)CC3(C)C(C(C)=O)CCC23)C2(C)CCC(=O)C=C12. The van der Waals surface area contributed by atoms with Crippen LogP contribution >= 0.6 is 0 Å². The van der Waals surface area contributed by atoms with E-state index in [9.17, 15) is 19.2 Å². The Balaban J connectivity index is 1.83. The first-order valence-electron chi connectivity index (χ1n) is 11.6. The molecule has 4 aliphatic rings. The third kappa shape index (κ3) is 3.46. The van der Waals surface area contributed by atoms with E-state index in [1.807, 2.05) is 0 Å². The van der Waals surface area contributed by atoms with E-state index in [-0.39, 0.29) is 58.2 Å². The zero-order chi connectivity index (χ0) is 22.7. The van der Waals surface area contributed by atoms with Gasteiger partial charge in [0, 0.05) is 32.1 Å². The molecule has 4 rings (SSSR count). The van der Waals surface area contributed by atoms with Crippen LogP contribution in [0.5, 0.6) is 0 Å².